The van der Waals surface area contributed by atoms with E-state index in [2.05, 4.69) is 15.3 Å². The second kappa shape index (κ2) is 16.7. The van der Waals surface area contributed by atoms with Gasteiger partial charge in [-0.2, -0.15) is 0 Å². The summed E-state index contributed by atoms with van der Waals surface area (Å²) in [6.45, 7) is 5.80. The van der Waals surface area contributed by atoms with Crippen LogP contribution >= 0.6 is 0 Å². The first-order valence-corrected chi connectivity index (χ1v) is 15.9. The quantitative estimate of drug-likeness (QED) is 0.0615. The van der Waals surface area contributed by atoms with Crippen molar-refractivity contribution in [3.05, 3.63) is 99.4 Å². The average molecular weight is 674 g/mol. The van der Waals surface area contributed by atoms with E-state index < -0.39 is 29.1 Å². The van der Waals surface area contributed by atoms with Crippen LogP contribution < -0.4 is 19.5 Å². The predicted octanol–water partition coefficient (Wildman–Crippen LogP) is 5.97. The van der Waals surface area contributed by atoms with Crippen molar-refractivity contribution in [3.63, 3.8) is 0 Å². The van der Waals surface area contributed by atoms with E-state index in [4.69, 9.17) is 39.3 Å². The lowest BCUT2D eigenvalue weighted by Gasteiger charge is -2.32. The highest BCUT2D eigenvalue weighted by Crippen LogP contribution is 2.44. The molecule has 1 heterocycles. The molecule has 13 nitrogen and oxygen atoms in total. The molecule has 1 aliphatic heterocycles. The summed E-state index contributed by atoms with van der Waals surface area (Å²) >= 11 is 0. The minimum atomic E-state index is -1.64. The molecule has 1 aliphatic rings. The molecule has 3 aromatic carbocycles. The summed E-state index contributed by atoms with van der Waals surface area (Å²) in [7, 11) is 3.09. The van der Waals surface area contributed by atoms with E-state index in [9.17, 15) is 9.59 Å². The maximum atomic E-state index is 14.6. The number of nitrogens with one attached hydrogen (secondary N) is 1. The van der Waals surface area contributed by atoms with Gasteiger partial charge in [-0.1, -0.05) is 29.4 Å². The van der Waals surface area contributed by atoms with Crippen LogP contribution in [0.3, 0.4) is 0 Å². The van der Waals surface area contributed by atoms with Crippen LogP contribution in [-0.4, -0.2) is 61.5 Å². The van der Waals surface area contributed by atoms with E-state index in [0.29, 0.717) is 52.5 Å². The Hall–Kier alpha value is -5.26. The largest absolute Gasteiger partial charge is 0.497 e. The maximum Gasteiger partial charge on any atom is 0.306 e. The third-order valence-corrected chi connectivity index (χ3v) is 7.67. The van der Waals surface area contributed by atoms with Crippen LogP contribution in [0.1, 0.15) is 68.4 Å². The Morgan fingerprint density at radius 3 is 2.37 bits per heavy atom. The summed E-state index contributed by atoms with van der Waals surface area (Å²) in [5.74, 6) is 0.914. The second-order valence-electron chi connectivity index (χ2n) is 12.4. The number of esters is 1. The molecule has 0 radical (unpaired) electrons. The van der Waals surface area contributed by atoms with Crippen LogP contribution in [0.25, 0.3) is 10.4 Å². The van der Waals surface area contributed by atoms with Crippen LogP contribution in [0, 0.1) is 0 Å². The van der Waals surface area contributed by atoms with Crippen molar-refractivity contribution in [1.82, 2.24) is 5.32 Å². The minimum Gasteiger partial charge on any atom is -0.497 e. The van der Waals surface area contributed by atoms with Gasteiger partial charge in [-0.15, -0.1) is 0 Å². The summed E-state index contributed by atoms with van der Waals surface area (Å²) in [6.07, 6.45) is -0.700. The van der Waals surface area contributed by atoms with E-state index in [-0.39, 0.29) is 38.4 Å². The number of aliphatic hydroxyl groups excluding tert-OH is 1. The molecule has 0 bridgehead atoms. The summed E-state index contributed by atoms with van der Waals surface area (Å²) in [5, 5.41) is 15.9. The highest BCUT2D eigenvalue weighted by molar-refractivity contribution is 6.01. The van der Waals surface area contributed by atoms with E-state index >= 15 is 0 Å². The topological polar surface area (TPSA) is 174 Å². The van der Waals surface area contributed by atoms with Gasteiger partial charge in [-0.05, 0) is 85.8 Å². The number of hydrogen-bond acceptors (Lipinski definition) is 10. The van der Waals surface area contributed by atoms with Gasteiger partial charge in [-0.3, -0.25) is 9.59 Å². The number of benzene rings is 3. The van der Waals surface area contributed by atoms with E-state index in [1.54, 1.807) is 102 Å². The number of hydrogen-bond donors (Lipinski definition) is 2. The third-order valence-electron chi connectivity index (χ3n) is 7.67. The predicted molar refractivity (Wildman–Crippen MR) is 182 cm³/mol. The highest BCUT2D eigenvalue weighted by Gasteiger charge is 2.53. The van der Waals surface area contributed by atoms with Gasteiger partial charge in [0.1, 0.15) is 22.8 Å². The molecule has 0 spiro atoms. The summed E-state index contributed by atoms with van der Waals surface area (Å²) < 4.78 is 28.7. The first kappa shape index (κ1) is 36.6. The number of nitrogens with zero attached hydrogens (tertiary/aromatic N) is 4. The molecule has 13 heteroatoms. The molecule has 0 saturated heterocycles. The molecule has 0 unspecified atom stereocenters. The Morgan fingerprint density at radius 2 is 1.73 bits per heavy atom. The van der Waals surface area contributed by atoms with E-state index in [1.807, 2.05) is 0 Å². The molecule has 0 saturated carbocycles. The van der Waals surface area contributed by atoms with Crippen LogP contribution in [-0.2, 0) is 32.2 Å². The normalized spacial score (nSPS) is 16.9. The first-order chi connectivity index (χ1) is 23.5. The fraction of sp³-hybridized carbons (Fsp3) is 0.417. The number of carbonyl (C=O) groups excluding carboxylic acids is 2. The zero-order valence-corrected chi connectivity index (χ0v) is 28.5. The number of carbonyl (C=O) groups is 2. The van der Waals surface area contributed by atoms with Gasteiger partial charge in [0.15, 0.2) is 11.6 Å². The molecule has 2 atom stereocenters. The zero-order chi connectivity index (χ0) is 35.4. The van der Waals surface area contributed by atoms with Crippen LogP contribution in [0.15, 0.2) is 76.8 Å². The van der Waals surface area contributed by atoms with Gasteiger partial charge in [-0.25, -0.2) is 4.99 Å². The van der Waals surface area contributed by atoms with Gasteiger partial charge >= 0.3 is 5.97 Å². The lowest BCUT2D eigenvalue weighted by molar-refractivity contribution is -0.155. The summed E-state index contributed by atoms with van der Waals surface area (Å²) in [4.78, 5) is 35.6. The van der Waals surface area contributed by atoms with Crippen LogP contribution in [0.4, 0.5) is 0 Å². The number of rotatable bonds is 16. The van der Waals surface area contributed by atoms with Crippen molar-refractivity contribution < 1.29 is 38.4 Å². The number of ether oxygens (including phenoxy) is 5. The smallest absolute Gasteiger partial charge is 0.306 e. The van der Waals surface area contributed by atoms with Crippen molar-refractivity contribution in [2.75, 3.05) is 27.4 Å². The van der Waals surface area contributed by atoms with Gasteiger partial charge in [0.05, 0.1) is 27.4 Å². The molecular formula is C36H43N5O8. The maximum absolute atomic E-state index is 14.6. The summed E-state index contributed by atoms with van der Waals surface area (Å²) in [5.41, 5.74) is 9.24. The number of aliphatic hydroxyl groups is 1. The Morgan fingerprint density at radius 1 is 1.04 bits per heavy atom. The van der Waals surface area contributed by atoms with Crippen molar-refractivity contribution in [2.24, 2.45) is 10.1 Å². The molecule has 260 valence electrons. The molecule has 2 N–H and O–H groups in total. The number of amides is 1. The first-order valence-electron chi connectivity index (χ1n) is 15.9. The number of azide groups is 1. The number of methoxy groups -OCH3 is 2. The second-order valence-corrected chi connectivity index (χ2v) is 12.4. The highest BCUT2D eigenvalue weighted by atomic mass is 16.6. The fourth-order valence-corrected chi connectivity index (χ4v) is 5.38. The SMILES string of the molecule is COc1cc(CNC(=O)[C@]2(CCC(=O)OC(C)(C)C)N=C(c3ccc(OCCCO)cc3)O[C@@H]2c2ccccc2CN=[N+]=[N-])cc(OC)c1. The van der Waals surface area contributed by atoms with Crippen molar-refractivity contribution in [2.45, 2.75) is 70.4 Å². The van der Waals surface area contributed by atoms with Crippen LogP contribution in [0.2, 0.25) is 0 Å². The molecule has 49 heavy (non-hydrogen) atoms. The molecule has 0 aliphatic carbocycles. The fourth-order valence-electron chi connectivity index (χ4n) is 5.38. The molecule has 0 fully saturated rings. The summed E-state index contributed by atoms with van der Waals surface area (Å²) in [6, 6.07) is 19.5. The van der Waals surface area contributed by atoms with Crippen molar-refractivity contribution >= 4 is 17.8 Å². The molecule has 4 rings (SSSR count). The van der Waals surface area contributed by atoms with Crippen LogP contribution in [0.5, 0.6) is 17.2 Å². The minimum absolute atomic E-state index is 0.00904. The Balaban J connectivity index is 1.80. The van der Waals surface area contributed by atoms with Crippen molar-refractivity contribution in [1.29, 1.82) is 0 Å². The lowest BCUT2D eigenvalue weighted by Crippen LogP contribution is -2.48. The Bertz CT molecular complexity index is 1660. The lowest BCUT2D eigenvalue weighted by atomic mass is 9.81. The van der Waals surface area contributed by atoms with Gasteiger partial charge in [0, 0.05) is 42.5 Å². The molecular weight excluding hydrogens is 630 g/mol. The van der Waals surface area contributed by atoms with Crippen molar-refractivity contribution in [3.8, 4) is 17.2 Å². The molecule has 1 amide bonds. The zero-order valence-electron chi connectivity index (χ0n) is 28.5. The van der Waals surface area contributed by atoms with Gasteiger partial charge < -0.3 is 34.1 Å². The van der Waals surface area contributed by atoms with Gasteiger partial charge in [0.2, 0.25) is 5.90 Å². The standard InChI is InChI=1S/C36H43N5O8/c1-35(2,3)49-31(43)15-16-36(34(44)38-22-24-19-28(45-4)21-29(20-24)46-5)32(30-10-7-6-9-26(30)23-39-41-37)48-33(40-36)25-11-13-27(14-12-25)47-18-8-17-42/h6-7,9-14,19-21,32,42H,8,15-18,22-23H2,1-5H3,(H,38,44)/t32-,36-/m1/s1. The number of aliphatic imine (C=N–C) groups is 1. The van der Waals surface area contributed by atoms with E-state index in [0.717, 1.165) is 0 Å². The Kier molecular flexibility index (Phi) is 12.5. The average Bonchev–Trinajstić information content (AvgIpc) is 3.49. The monoisotopic (exact) mass is 673 g/mol. The Labute approximate surface area is 285 Å². The molecule has 3 aromatic rings. The third kappa shape index (κ3) is 9.65. The molecule has 0 aromatic heterocycles. The van der Waals surface area contributed by atoms with Gasteiger partial charge in [0.25, 0.3) is 5.91 Å². The van der Waals surface area contributed by atoms with E-state index in [1.165, 1.54) is 0 Å².